The summed E-state index contributed by atoms with van der Waals surface area (Å²) in [5, 5.41) is 16.9. The monoisotopic (exact) mass is 204 g/mol. The predicted octanol–water partition coefficient (Wildman–Crippen LogP) is -0.0620. The van der Waals surface area contributed by atoms with Gasteiger partial charge in [0.25, 0.3) is 0 Å². The fourth-order valence-electron chi connectivity index (χ4n) is 1.08. The van der Waals surface area contributed by atoms with Gasteiger partial charge in [0.15, 0.2) is 0 Å². The van der Waals surface area contributed by atoms with Crippen molar-refractivity contribution in [1.29, 1.82) is 0 Å². The average molecular weight is 204 g/mol. The molecule has 0 heterocycles. The van der Waals surface area contributed by atoms with E-state index < -0.39 is 18.0 Å². The number of carbonyl (C=O) groups is 2. The summed E-state index contributed by atoms with van der Waals surface area (Å²) in [5.41, 5.74) is 2.19. The third-order valence-electron chi connectivity index (χ3n) is 1.88. The Balaban J connectivity index is 3.42. The van der Waals surface area contributed by atoms with Crippen LogP contribution in [0.3, 0.4) is 0 Å². The molecule has 6 heteroatoms. The number of unbranched alkanes of at least 4 members (excludes halogenated alkanes) is 2. The zero-order valence-corrected chi connectivity index (χ0v) is 7.90. The smallest absolute Gasteiger partial charge is 0.322 e. The van der Waals surface area contributed by atoms with E-state index in [0.717, 1.165) is 0 Å². The lowest BCUT2D eigenvalue weighted by Gasteiger charge is -2.09. The molecule has 0 rings (SSSR count). The summed E-state index contributed by atoms with van der Waals surface area (Å²) in [6.07, 6.45) is 2.50. The number of aliphatic carboxylic acids is 2. The first-order valence-electron chi connectivity index (χ1n) is 4.48. The van der Waals surface area contributed by atoms with Gasteiger partial charge >= 0.3 is 11.9 Å². The maximum absolute atomic E-state index is 10.5. The number of rotatable bonds is 8. The first kappa shape index (κ1) is 12.9. The number of hydrogen-bond donors (Lipinski definition) is 4. The molecule has 1 unspecified atom stereocenters. The van der Waals surface area contributed by atoms with E-state index in [2.05, 4.69) is 5.43 Å². The van der Waals surface area contributed by atoms with Gasteiger partial charge in [-0.05, 0) is 12.8 Å². The second kappa shape index (κ2) is 7.28. The third kappa shape index (κ3) is 6.38. The van der Waals surface area contributed by atoms with Gasteiger partial charge in [-0.2, -0.15) is 0 Å². The van der Waals surface area contributed by atoms with Crippen LogP contribution in [-0.4, -0.2) is 28.2 Å². The third-order valence-corrected chi connectivity index (χ3v) is 1.88. The SMILES string of the molecule is NNC(CCCCCC(=O)O)C(=O)O. The van der Waals surface area contributed by atoms with E-state index in [1.807, 2.05) is 0 Å². The minimum atomic E-state index is -0.981. The van der Waals surface area contributed by atoms with Gasteiger partial charge in [0, 0.05) is 6.42 Å². The first-order valence-corrected chi connectivity index (χ1v) is 4.48. The second-order valence-electron chi connectivity index (χ2n) is 3.05. The van der Waals surface area contributed by atoms with Crippen molar-refractivity contribution < 1.29 is 19.8 Å². The maximum atomic E-state index is 10.5. The largest absolute Gasteiger partial charge is 0.481 e. The predicted molar refractivity (Wildman–Crippen MR) is 49.5 cm³/mol. The van der Waals surface area contributed by atoms with Gasteiger partial charge < -0.3 is 10.2 Å². The van der Waals surface area contributed by atoms with E-state index >= 15 is 0 Å². The van der Waals surface area contributed by atoms with Crippen LogP contribution in [0.1, 0.15) is 32.1 Å². The van der Waals surface area contributed by atoms with Crippen molar-refractivity contribution in [2.75, 3.05) is 0 Å². The molecule has 0 fully saturated rings. The highest BCUT2D eigenvalue weighted by atomic mass is 16.4. The molecule has 0 aliphatic rings. The molecule has 0 amide bonds. The lowest BCUT2D eigenvalue weighted by atomic mass is 10.1. The van der Waals surface area contributed by atoms with E-state index in [9.17, 15) is 9.59 Å². The molecule has 0 bridgehead atoms. The van der Waals surface area contributed by atoms with Crippen LogP contribution in [0.15, 0.2) is 0 Å². The molecule has 5 N–H and O–H groups in total. The number of hydrazine groups is 1. The van der Waals surface area contributed by atoms with Crippen molar-refractivity contribution in [2.45, 2.75) is 38.1 Å². The molecule has 0 radical (unpaired) electrons. The summed E-state index contributed by atoms with van der Waals surface area (Å²) in [4.78, 5) is 20.6. The van der Waals surface area contributed by atoms with Crippen molar-refractivity contribution >= 4 is 11.9 Å². The molecule has 1 atom stereocenters. The molecule has 0 aliphatic heterocycles. The van der Waals surface area contributed by atoms with Crippen LogP contribution in [0.5, 0.6) is 0 Å². The molecule has 0 saturated heterocycles. The Morgan fingerprint density at radius 2 is 1.86 bits per heavy atom. The van der Waals surface area contributed by atoms with Crippen LogP contribution < -0.4 is 11.3 Å². The Kier molecular flexibility index (Phi) is 6.69. The van der Waals surface area contributed by atoms with Crippen molar-refractivity contribution in [1.82, 2.24) is 5.43 Å². The number of nitrogens with two attached hydrogens (primary N) is 1. The number of nitrogens with one attached hydrogen (secondary N) is 1. The minimum absolute atomic E-state index is 0.133. The fourth-order valence-corrected chi connectivity index (χ4v) is 1.08. The molecule has 14 heavy (non-hydrogen) atoms. The molecule has 0 spiro atoms. The molecule has 0 aromatic heterocycles. The zero-order chi connectivity index (χ0) is 11.0. The second-order valence-corrected chi connectivity index (χ2v) is 3.05. The van der Waals surface area contributed by atoms with E-state index in [0.29, 0.717) is 25.7 Å². The van der Waals surface area contributed by atoms with Gasteiger partial charge in [0.05, 0.1) is 0 Å². The molecular formula is C8H16N2O4. The lowest BCUT2D eigenvalue weighted by Crippen LogP contribution is -2.41. The van der Waals surface area contributed by atoms with E-state index in [1.54, 1.807) is 0 Å². The maximum Gasteiger partial charge on any atom is 0.322 e. The first-order chi connectivity index (χ1) is 6.57. The van der Waals surface area contributed by atoms with E-state index in [4.69, 9.17) is 16.1 Å². The van der Waals surface area contributed by atoms with Crippen LogP contribution in [0.25, 0.3) is 0 Å². The summed E-state index contributed by atoms with van der Waals surface area (Å²) in [7, 11) is 0. The summed E-state index contributed by atoms with van der Waals surface area (Å²) in [6, 6.07) is -0.736. The highest BCUT2D eigenvalue weighted by Crippen LogP contribution is 2.05. The zero-order valence-electron chi connectivity index (χ0n) is 7.90. The fraction of sp³-hybridized carbons (Fsp3) is 0.750. The van der Waals surface area contributed by atoms with E-state index in [1.165, 1.54) is 0 Å². The van der Waals surface area contributed by atoms with E-state index in [-0.39, 0.29) is 6.42 Å². The van der Waals surface area contributed by atoms with Gasteiger partial charge in [-0.25, -0.2) is 5.43 Å². The van der Waals surface area contributed by atoms with Crippen molar-refractivity contribution in [3.05, 3.63) is 0 Å². The normalized spacial score (nSPS) is 12.4. The topological polar surface area (TPSA) is 113 Å². The van der Waals surface area contributed by atoms with Crippen LogP contribution in [0.4, 0.5) is 0 Å². The molecular weight excluding hydrogens is 188 g/mol. The number of carboxylic acid groups (broad SMARTS) is 2. The highest BCUT2D eigenvalue weighted by Gasteiger charge is 2.13. The molecule has 0 aromatic rings. The summed E-state index contributed by atoms with van der Waals surface area (Å²) in [6.45, 7) is 0. The highest BCUT2D eigenvalue weighted by molar-refractivity contribution is 5.73. The van der Waals surface area contributed by atoms with Crippen LogP contribution >= 0.6 is 0 Å². The van der Waals surface area contributed by atoms with Crippen LogP contribution in [0, 0.1) is 0 Å². The molecule has 0 saturated carbocycles. The number of hydrogen-bond acceptors (Lipinski definition) is 4. The van der Waals surface area contributed by atoms with Gasteiger partial charge in [-0.15, -0.1) is 0 Å². The minimum Gasteiger partial charge on any atom is -0.481 e. The Hall–Kier alpha value is -1.14. The summed E-state index contributed by atoms with van der Waals surface area (Å²) < 4.78 is 0. The Morgan fingerprint density at radius 1 is 1.21 bits per heavy atom. The standard InChI is InChI=1S/C8H16N2O4/c9-10-6(8(13)14)4-2-1-3-5-7(11)12/h6,10H,1-5,9H2,(H,11,12)(H,13,14). The van der Waals surface area contributed by atoms with Crippen molar-refractivity contribution in [3.8, 4) is 0 Å². The lowest BCUT2D eigenvalue weighted by molar-refractivity contribution is -0.140. The molecule has 0 aliphatic carbocycles. The Bertz CT molecular complexity index is 196. The number of carboxylic acids is 2. The quantitative estimate of drug-likeness (QED) is 0.250. The Morgan fingerprint density at radius 3 is 2.29 bits per heavy atom. The molecule has 0 aromatic carbocycles. The van der Waals surface area contributed by atoms with Crippen molar-refractivity contribution in [3.63, 3.8) is 0 Å². The summed E-state index contributed by atoms with van der Waals surface area (Å²) in [5.74, 6) is 3.21. The Labute approximate surface area is 82.1 Å². The molecule has 82 valence electrons. The van der Waals surface area contributed by atoms with Crippen LogP contribution in [0.2, 0.25) is 0 Å². The van der Waals surface area contributed by atoms with Crippen LogP contribution in [-0.2, 0) is 9.59 Å². The van der Waals surface area contributed by atoms with Gasteiger partial charge in [-0.1, -0.05) is 12.8 Å². The van der Waals surface area contributed by atoms with Gasteiger partial charge in [-0.3, -0.25) is 15.4 Å². The van der Waals surface area contributed by atoms with Gasteiger partial charge in [0.2, 0.25) is 0 Å². The molecule has 6 nitrogen and oxygen atoms in total. The van der Waals surface area contributed by atoms with Gasteiger partial charge in [0.1, 0.15) is 6.04 Å². The van der Waals surface area contributed by atoms with Crippen molar-refractivity contribution in [2.24, 2.45) is 5.84 Å². The summed E-state index contributed by atoms with van der Waals surface area (Å²) >= 11 is 0. The average Bonchev–Trinajstić information content (AvgIpc) is 2.10.